The molecule has 0 spiro atoms. The first kappa shape index (κ1) is 14.5. The highest BCUT2D eigenvalue weighted by Gasteiger charge is 2.20. The SMILES string of the molecule is Cc1c(C(=O)OCCn2cccn2)oc2c1ccc1ccccc12. The minimum absolute atomic E-state index is 0.248. The molecule has 0 aliphatic heterocycles. The van der Waals surface area contributed by atoms with Gasteiger partial charge < -0.3 is 9.15 Å². The molecule has 0 amide bonds. The van der Waals surface area contributed by atoms with Gasteiger partial charge in [0.1, 0.15) is 12.2 Å². The molecule has 0 saturated carbocycles. The number of fused-ring (bicyclic) bond motifs is 3. The first-order chi connectivity index (χ1) is 11.7. The fraction of sp³-hybridized carbons (Fsp3) is 0.158. The highest BCUT2D eigenvalue weighted by atomic mass is 16.5. The summed E-state index contributed by atoms with van der Waals surface area (Å²) in [7, 11) is 0. The summed E-state index contributed by atoms with van der Waals surface area (Å²) in [5.74, 6) is -0.179. The molecule has 0 aliphatic rings. The Labute approximate surface area is 138 Å². The molecule has 5 nitrogen and oxygen atoms in total. The van der Waals surface area contributed by atoms with Crippen LogP contribution < -0.4 is 0 Å². The number of carbonyl (C=O) groups is 1. The number of benzene rings is 2. The van der Waals surface area contributed by atoms with E-state index in [1.165, 1.54) is 0 Å². The molecular weight excluding hydrogens is 304 g/mol. The fourth-order valence-electron chi connectivity index (χ4n) is 2.87. The maximum Gasteiger partial charge on any atom is 0.374 e. The van der Waals surface area contributed by atoms with Crippen LogP contribution in [0.2, 0.25) is 0 Å². The largest absolute Gasteiger partial charge is 0.458 e. The number of furan rings is 1. The van der Waals surface area contributed by atoms with E-state index in [1.807, 2.05) is 55.6 Å². The number of esters is 1. The molecule has 0 unspecified atom stereocenters. The molecule has 5 heteroatoms. The Morgan fingerprint density at radius 2 is 2.04 bits per heavy atom. The van der Waals surface area contributed by atoms with Gasteiger partial charge in [-0.15, -0.1) is 0 Å². The van der Waals surface area contributed by atoms with Crippen LogP contribution in [0.3, 0.4) is 0 Å². The zero-order chi connectivity index (χ0) is 16.5. The van der Waals surface area contributed by atoms with Gasteiger partial charge in [-0.05, 0) is 18.4 Å². The molecule has 2 aromatic carbocycles. The van der Waals surface area contributed by atoms with E-state index in [9.17, 15) is 4.79 Å². The normalized spacial score (nSPS) is 11.2. The van der Waals surface area contributed by atoms with E-state index in [1.54, 1.807) is 10.9 Å². The van der Waals surface area contributed by atoms with Gasteiger partial charge in [0, 0.05) is 28.7 Å². The number of aromatic nitrogens is 2. The van der Waals surface area contributed by atoms with Crippen LogP contribution in [-0.4, -0.2) is 22.4 Å². The number of hydrogen-bond donors (Lipinski definition) is 0. The Hall–Kier alpha value is -3.08. The first-order valence-electron chi connectivity index (χ1n) is 7.79. The van der Waals surface area contributed by atoms with E-state index < -0.39 is 5.97 Å². The molecule has 2 heterocycles. The number of hydrogen-bond acceptors (Lipinski definition) is 4. The lowest BCUT2D eigenvalue weighted by Crippen LogP contribution is -2.12. The molecule has 0 bridgehead atoms. The van der Waals surface area contributed by atoms with Crippen LogP contribution in [0.4, 0.5) is 0 Å². The lowest BCUT2D eigenvalue weighted by molar-refractivity contribution is 0.0453. The zero-order valence-electron chi connectivity index (χ0n) is 13.2. The van der Waals surface area contributed by atoms with Crippen molar-refractivity contribution in [2.45, 2.75) is 13.5 Å². The highest BCUT2D eigenvalue weighted by molar-refractivity contribution is 6.08. The molecule has 4 rings (SSSR count). The third-order valence-electron chi connectivity index (χ3n) is 4.13. The third kappa shape index (κ3) is 2.44. The minimum Gasteiger partial charge on any atom is -0.458 e. The molecule has 0 atom stereocenters. The molecule has 0 radical (unpaired) electrons. The molecule has 4 aromatic rings. The molecule has 120 valence electrons. The van der Waals surface area contributed by atoms with E-state index in [0.29, 0.717) is 6.54 Å². The first-order valence-corrected chi connectivity index (χ1v) is 7.79. The number of aryl methyl sites for hydroxylation is 1. The van der Waals surface area contributed by atoms with Crippen molar-refractivity contribution in [3.63, 3.8) is 0 Å². The maximum atomic E-state index is 12.4. The van der Waals surface area contributed by atoms with Crippen molar-refractivity contribution >= 4 is 27.7 Å². The Bertz CT molecular complexity index is 1020. The van der Waals surface area contributed by atoms with Crippen LogP contribution in [0.25, 0.3) is 21.7 Å². The van der Waals surface area contributed by atoms with Gasteiger partial charge in [-0.1, -0.05) is 36.4 Å². The smallest absolute Gasteiger partial charge is 0.374 e. The van der Waals surface area contributed by atoms with Crippen molar-refractivity contribution in [1.29, 1.82) is 0 Å². The molecule has 0 fully saturated rings. The number of ether oxygens (including phenoxy) is 1. The van der Waals surface area contributed by atoms with Crippen LogP contribution in [0.5, 0.6) is 0 Å². The molecule has 2 aromatic heterocycles. The summed E-state index contributed by atoms with van der Waals surface area (Å²) in [6, 6.07) is 13.8. The topological polar surface area (TPSA) is 57.3 Å². The standard InChI is InChI=1S/C19H16N2O3/c1-13-15-8-7-14-5-2-3-6-16(14)18(15)24-17(13)19(22)23-12-11-21-10-4-9-20-21/h2-10H,11-12H2,1H3. The van der Waals surface area contributed by atoms with Crippen molar-refractivity contribution < 1.29 is 13.9 Å². The second-order valence-electron chi connectivity index (χ2n) is 5.62. The average Bonchev–Trinajstić information content (AvgIpc) is 3.23. The van der Waals surface area contributed by atoms with Crippen molar-refractivity contribution in [1.82, 2.24) is 9.78 Å². The van der Waals surface area contributed by atoms with Gasteiger partial charge in [0.2, 0.25) is 5.76 Å². The summed E-state index contributed by atoms with van der Waals surface area (Å²) in [5.41, 5.74) is 1.53. The summed E-state index contributed by atoms with van der Waals surface area (Å²) >= 11 is 0. The number of nitrogens with zero attached hydrogens (tertiary/aromatic N) is 2. The third-order valence-corrected chi connectivity index (χ3v) is 4.13. The van der Waals surface area contributed by atoms with Crippen LogP contribution in [-0.2, 0) is 11.3 Å². The Morgan fingerprint density at radius 3 is 2.88 bits per heavy atom. The lowest BCUT2D eigenvalue weighted by Gasteiger charge is -2.03. The monoisotopic (exact) mass is 320 g/mol. The molecular formula is C19H16N2O3. The number of rotatable bonds is 4. The van der Waals surface area contributed by atoms with Crippen molar-refractivity contribution in [3.05, 3.63) is 66.2 Å². The van der Waals surface area contributed by atoms with Crippen molar-refractivity contribution in [2.24, 2.45) is 0 Å². The van der Waals surface area contributed by atoms with Gasteiger partial charge in [-0.2, -0.15) is 5.10 Å². The molecule has 0 N–H and O–H groups in total. The van der Waals surface area contributed by atoms with Crippen LogP contribution in [0, 0.1) is 6.92 Å². The van der Waals surface area contributed by atoms with Crippen LogP contribution in [0.1, 0.15) is 16.1 Å². The summed E-state index contributed by atoms with van der Waals surface area (Å²) < 4.78 is 12.9. The highest BCUT2D eigenvalue weighted by Crippen LogP contribution is 2.31. The van der Waals surface area contributed by atoms with E-state index in [2.05, 4.69) is 5.10 Å². The van der Waals surface area contributed by atoms with Gasteiger partial charge in [-0.25, -0.2) is 4.79 Å². The van der Waals surface area contributed by atoms with Gasteiger partial charge in [-0.3, -0.25) is 4.68 Å². The Kier molecular flexibility index (Phi) is 3.54. The molecule has 24 heavy (non-hydrogen) atoms. The van der Waals surface area contributed by atoms with E-state index in [4.69, 9.17) is 9.15 Å². The summed E-state index contributed by atoms with van der Waals surface area (Å²) in [4.78, 5) is 12.4. The summed E-state index contributed by atoms with van der Waals surface area (Å²) in [6.45, 7) is 2.64. The molecule has 0 saturated heterocycles. The van der Waals surface area contributed by atoms with Crippen molar-refractivity contribution in [3.8, 4) is 0 Å². The van der Waals surface area contributed by atoms with E-state index >= 15 is 0 Å². The fourth-order valence-corrected chi connectivity index (χ4v) is 2.87. The summed E-state index contributed by atoms with van der Waals surface area (Å²) in [5, 5.41) is 7.09. The van der Waals surface area contributed by atoms with Crippen LogP contribution in [0.15, 0.2) is 59.3 Å². The summed E-state index contributed by atoms with van der Waals surface area (Å²) in [6.07, 6.45) is 3.52. The zero-order valence-corrected chi connectivity index (χ0v) is 13.2. The number of carbonyl (C=O) groups excluding carboxylic acids is 1. The van der Waals surface area contributed by atoms with E-state index in [0.717, 1.165) is 27.3 Å². The maximum absolute atomic E-state index is 12.4. The second-order valence-corrected chi connectivity index (χ2v) is 5.62. The van der Waals surface area contributed by atoms with Gasteiger partial charge in [0.05, 0.1) is 6.54 Å². The Balaban J connectivity index is 1.62. The van der Waals surface area contributed by atoms with Crippen LogP contribution >= 0.6 is 0 Å². The van der Waals surface area contributed by atoms with Gasteiger partial charge >= 0.3 is 5.97 Å². The average molecular weight is 320 g/mol. The van der Waals surface area contributed by atoms with E-state index in [-0.39, 0.29) is 12.4 Å². The van der Waals surface area contributed by atoms with Gasteiger partial charge in [0.25, 0.3) is 0 Å². The van der Waals surface area contributed by atoms with Gasteiger partial charge in [0.15, 0.2) is 0 Å². The minimum atomic E-state index is -0.445. The predicted molar refractivity (Wildman–Crippen MR) is 91.0 cm³/mol. The molecule has 0 aliphatic carbocycles. The second kappa shape index (κ2) is 5.85. The Morgan fingerprint density at radius 1 is 1.17 bits per heavy atom. The lowest BCUT2D eigenvalue weighted by atomic mass is 10.1. The quantitative estimate of drug-likeness (QED) is 0.534. The van der Waals surface area contributed by atoms with Crippen molar-refractivity contribution in [2.75, 3.05) is 6.61 Å². The predicted octanol–water partition coefficient (Wildman–Crippen LogP) is 3.95.